The van der Waals surface area contributed by atoms with E-state index in [9.17, 15) is 9.90 Å². The maximum atomic E-state index is 13.7. The molecular weight excluding hydrogens is 396 g/mol. The minimum absolute atomic E-state index is 0.00212. The van der Waals surface area contributed by atoms with Crippen molar-refractivity contribution in [1.29, 1.82) is 0 Å². The molecule has 4 saturated carbocycles. The van der Waals surface area contributed by atoms with Crippen LogP contribution in [0, 0.1) is 46.3 Å². The highest BCUT2D eigenvalue weighted by atomic mass is 16.6. The van der Waals surface area contributed by atoms with Crippen molar-refractivity contribution in [1.82, 2.24) is 0 Å². The monoisotopic (exact) mass is 442 g/mol. The molecule has 4 aliphatic carbocycles. The number of ketones is 1. The number of aliphatic hydroxyl groups excluding tert-OH is 1. The number of rotatable bonds is 5. The lowest BCUT2D eigenvalue weighted by Gasteiger charge is -2.54. The molecule has 5 aliphatic rings. The zero-order valence-electron chi connectivity index (χ0n) is 21.4. The van der Waals surface area contributed by atoms with Crippen LogP contribution in [0.15, 0.2) is 12.2 Å². The second-order valence-corrected chi connectivity index (χ2v) is 13.4. The molecule has 5 rings (SSSR count). The van der Waals surface area contributed by atoms with Gasteiger partial charge in [0.25, 0.3) is 0 Å². The van der Waals surface area contributed by atoms with Gasteiger partial charge in [0.15, 0.2) is 0 Å². The third kappa shape index (κ3) is 2.59. The standard InChI is InChI=1S/C29H46O3/c1-17(2)18(3)8-9-19(4)21-10-11-25(31)23-16-22-20(5)24(30)12-13-26(22,6)28-15-14-27(21,7)29(23,28)32-28/h17-19,21-24,30H,5,8-16H2,1-4,6-7H3/t18-,19-,21-,22+,23+,24+,26+,27-,28+,29+/m1/s1. The lowest BCUT2D eigenvalue weighted by Crippen LogP contribution is -2.60. The first-order valence-electron chi connectivity index (χ1n) is 13.5. The van der Waals surface area contributed by atoms with E-state index < -0.39 is 6.10 Å². The highest BCUT2D eigenvalue weighted by molar-refractivity contribution is 5.85. The normalized spacial score (nSPS) is 51.5. The van der Waals surface area contributed by atoms with E-state index in [1.165, 1.54) is 19.3 Å². The summed E-state index contributed by atoms with van der Waals surface area (Å²) in [7, 11) is 0. The van der Waals surface area contributed by atoms with Crippen LogP contribution in [-0.2, 0) is 9.53 Å². The molecule has 5 fully saturated rings. The van der Waals surface area contributed by atoms with E-state index in [2.05, 4.69) is 48.1 Å². The zero-order valence-corrected chi connectivity index (χ0v) is 21.4. The molecule has 1 saturated heterocycles. The molecule has 0 amide bonds. The van der Waals surface area contributed by atoms with Crippen LogP contribution >= 0.6 is 0 Å². The van der Waals surface area contributed by atoms with Gasteiger partial charge in [0, 0.05) is 17.3 Å². The number of ether oxygens (including phenoxy) is 1. The highest BCUT2D eigenvalue weighted by Gasteiger charge is 2.92. The molecule has 1 spiro atoms. The molecule has 3 nitrogen and oxygen atoms in total. The highest BCUT2D eigenvalue weighted by Crippen LogP contribution is 2.85. The third-order valence-corrected chi connectivity index (χ3v) is 12.0. The lowest BCUT2D eigenvalue weighted by molar-refractivity contribution is -0.128. The molecule has 1 heterocycles. The maximum Gasteiger partial charge on any atom is 0.139 e. The molecule has 180 valence electrons. The van der Waals surface area contributed by atoms with Crippen LogP contribution in [0.4, 0.5) is 0 Å². The Morgan fingerprint density at radius 2 is 1.75 bits per heavy atom. The first-order chi connectivity index (χ1) is 14.9. The zero-order chi connectivity index (χ0) is 23.3. The summed E-state index contributed by atoms with van der Waals surface area (Å²) in [4.78, 5) is 13.7. The summed E-state index contributed by atoms with van der Waals surface area (Å²) in [6.07, 6.45) is 8.72. The van der Waals surface area contributed by atoms with Crippen molar-refractivity contribution in [2.24, 2.45) is 46.3 Å². The Labute approximate surface area is 195 Å². The van der Waals surface area contributed by atoms with Crippen LogP contribution in [0.1, 0.15) is 99.3 Å². The Hall–Kier alpha value is -0.670. The van der Waals surface area contributed by atoms with Gasteiger partial charge >= 0.3 is 0 Å². The number of epoxide rings is 1. The average Bonchev–Trinajstić information content (AvgIpc) is 3.41. The Morgan fingerprint density at radius 3 is 2.44 bits per heavy atom. The minimum Gasteiger partial charge on any atom is -0.389 e. The lowest BCUT2D eigenvalue weighted by atomic mass is 9.46. The molecule has 0 radical (unpaired) electrons. The van der Waals surface area contributed by atoms with Gasteiger partial charge in [-0.25, -0.2) is 0 Å². The summed E-state index contributed by atoms with van der Waals surface area (Å²) in [5.41, 5.74) is 0.589. The van der Waals surface area contributed by atoms with Crippen LogP contribution < -0.4 is 0 Å². The molecule has 0 bridgehead atoms. The van der Waals surface area contributed by atoms with Gasteiger partial charge in [-0.15, -0.1) is 0 Å². The number of fused-ring (bicyclic) bond motifs is 1. The van der Waals surface area contributed by atoms with E-state index in [1.807, 2.05) is 0 Å². The SMILES string of the molecule is C=C1[C@@H](O)CC[C@@]2(C)[C@H]1C[C@H]1C(=O)CC[C@H]([C@H](C)CC[C@@H](C)C(C)C)[C@@]3(C)CC[C@]24O[C@]143. The fourth-order valence-electron chi connectivity index (χ4n) is 9.58. The molecule has 1 aliphatic heterocycles. The van der Waals surface area contributed by atoms with Crippen LogP contribution in [0.3, 0.4) is 0 Å². The van der Waals surface area contributed by atoms with Gasteiger partial charge in [0.2, 0.25) is 0 Å². The van der Waals surface area contributed by atoms with Crippen LogP contribution in [0.5, 0.6) is 0 Å². The van der Waals surface area contributed by atoms with Crippen molar-refractivity contribution in [3.8, 4) is 0 Å². The topological polar surface area (TPSA) is 49.8 Å². The first kappa shape index (κ1) is 23.1. The first-order valence-corrected chi connectivity index (χ1v) is 13.5. The summed E-state index contributed by atoms with van der Waals surface area (Å²) in [5.74, 6) is 3.28. The smallest absolute Gasteiger partial charge is 0.139 e. The summed E-state index contributed by atoms with van der Waals surface area (Å²) in [5, 5.41) is 10.6. The maximum absolute atomic E-state index is 13.7. The molecule has 0 aromatic rings. The van der Waals surface area contributed by atoms with Crippen molar-refractivity contribution >= 4 is 5.78 Å². The van der Waals surface area contributed by atoms with Crippen LogP contribution in [0.2, 0.25) is 0 Å². The molecule has 3 heteroatoms. The number of carbonyl (C=O) groups is 1. The molecule has 10 atom stereocenters. The summed E-state index contributed by atoms with van der Waals surface area (Å²) in [6.45, 7) is 18.8. The van der Waals surface area contributed by atoms with E-state index >= 15 is 0 Å². The van der Waals surface area contributed by atoms with Gasteiger partial charge in [-0.3, -0.25) is 4.79 Å². The Kier molecular flexibility index (Phi) is 5.17. The van der Waals surface area contributed by atoms with Gasteiger partial charge in [-0.2, -0.15) is 0 Å². The molecule has 32 heavy (non-hydrogen) atoms. The molecule has 0 unspecified atom stereocenters. The van der Waals surface area contributed by atoms with E-state index in [4.69, 9.17) is 4.74 Å². The fraction of sp³-hybridized carbons (Fsp3) is 0.897. The van der Waals surface area contributed by atoms with Gasteiger partial charge < -0.3 is 9.84 Å². The fourth-order valence-corrected chi connectivity index (χ4v) is 9.58. The molecular formula is C29H46O3. The second kappa shape index (κ2) is 7.17. The number of hydrogen-bond donors (Lipinski definition) is 1. The summed E-state index contributed by atoms with van der Waals surface area (Å²) in [6, 6.07) is 0. The van der Waals surface area contributed by atoms with Crippen molar-refractivity contribution in [2.75, 3.05) is 0 Å². The Bertz CT molecular complexity index is 817. The summed E-state index contributed by atoms with van der Waals surface area (Å²) < 4.78 is 7.07. The van der Waals surface area contributed by atoms with Gasteiger partial charge in [-0.1, -0.05) is 61.0 Å². The minimum atomic E-state index is -0.417. The third-order valence-electron chi connectivity index (χ3n) is 12.0. The van der Waals surface area contributed by atoms with Crippen molar-refractivity contribution in [2.45, 2.75) is 117 Å². The Morgan fingerprint density at radius 1 is 1.03 bits per heavy atom. The Balaban J connectivity index is 1.50. The predicted octanol–water partition coefficient (Wildman–Crippen LogP) is 6.34. The van der Waals surface area contributed by atoms with Gasteiger partial charge in [0.1, 0.15) is 17.0 Å². The quantitative estimate of drug-likeness (QED) is 0.399. The van der Waals surface area contributed by atoms with Crippen molar-refractivity contribution in [3.05, 3.63) is 12.2 Å². The molecule has 0 aromatic heterocycles. The summed E-state index contributed by atoms with van der Waals surface area (Å²) >= 11 is 0. The second-order valence-electron chi connectivity index (χ2n) is 13.4. The number of aliphatic hydroxyl groups is 1. The number of carbonyl (C=O) groups excluding carboxylic acids is 1. The van der Waals surface area contributed by atoms with Gasteiger partial charge in [0.05, 0.1) is 12.0 Å². The van der Waals surface area contributed by atoms with Crippen LogP contribution in [-0.4, -0.2) is 28.2 Å². The molecule has 1 N–H and O–H groups in total. The molecule has 0 aromatic carbocycles. The van der Waals surface area contributed by atoms with E-state index in [-0.39, 0.29) is 33.9 Å². The average molecular weight is 443 g/mol. The number of hydrogen-bond acceptors (Lipinski definition) is 3. The predicted molar refractivity (Wildman–Crippen MR) is 128 cm³/mol. The van der Waals surface area contributed by atoms with E-state index in [1.54, 1.807) is 0 Å². The number of Topliss-reactive ketones (excluding diaryl/α,β-unsaturated/α-hetero) is 1. The van der Waals surface area contributed by atoms with Crippen LogP contribution in [0.25, 0.3) is 0 Å². The van der Waals surface area contributed by atoms with Gasteiger partial charge in [-0.05, 0) is 73.7 Å². The van der Waals surface area contributed by atoms with Crippen molar-refractivity contribution in [3.63, 3.8) is 0 Å². The largest absolute Gasteiger partial charge is 0.389 e. The van der Waals surface area contributed by atoms with Crippen molar-refractivity contribution < 1.29 is 14.6 Å². The van der Waals surface area contributed by atoms with E-state index in [0.29, 0.717) is 24.0 Å². The van der Waals surface area contributed by atoms with E-state index in [0.717, 1.165) is 49.5 Å².